The first kappa shape index (κ1) is 16.6. The lowest BCUT2D eigenvalue weighted by atomic mass is 9.83. The fraction of sp³-hybridized carbons (Fsp3) is 0.294. The molecule has 5 nitrogen and oxygen atoms in total. The summed E-state index contributed by atoms with van der Waals surface area (Å²) in [6, 6.07) is 7.83. The molecule has 2 rings (SSSR count). The SMILES string of the molecule is CC1=C(C(=O)OC(C)C)C(c2ccccc2F)C(C#N)=C(N)O1. The van der Waals surface area contributed by atoms with Crippen LogP contribution in [0.4, 0.5) is 4.39 Å². The summed E-state index contributed by atoms with van der Waals surface area (Å²) in [5.74, 6) is -2.10. The molecule has 0 spiro atoms. The van der Waals surface area contributed by atoms with Crippen molar-refractivity contribution in [2.75, 3.05) is 0 Å². The molecule has 1 aromatic rings. The summed E-state index contributed by atoms with van der Waals surface area (Å²) >= 11 is 0. The third kappa shape index (κ3) is 3.19. The van der Waals surface area contributed by atoms with Crippen LogP contribution in [0.3, 0.4) is 0 Å². The van der Waals surface area contributed by atoms with Gasteiger partial charge in [0.1, 0.15) is 23.2 Å². The number of halogens is 1. The van der Waals surface area contributed by atoms with Crippen molar-refractivity contribution >= 4 is 5.97 Å². The Bertz CT molecular complexity index is 744. The van der Waals surface area contributed by atoms with E-state index in [-0.39, 0.29) is 34.5 Å². The second-order valence-corrected chi connectivity index (χ2v) is 5.37. The molecule has 1 aliphatic heterocycles. The molecule has 0 aromatic heterocycles. The van der Waals surface area contributed by atoms with Gasteiger partial charge in [0.15, 0.2) is 0 Å². The van der Waals surface area contributed by atoms with Crippen LogP contribution in [0, 0.1) is 17.1 Å². The molecule has 0 aliphatic carbocycles. The zero-order chi connectivity index (χ0) is 17.1. The monoisotopic (exact) mass is 316 g/mol. The predicted molar refractivity (Wildman–Crippen MR) is 81.0 cm³/mol. The van der Waals surface area contributed by atoms with Crippen LogP contribution >= 0.6 is 0 Å². The normalized spacial score (nSPS) is 17.8. The summed E-state index contributed by atoms with van der Waals surface area (Å²) in [5.41, 5.74) is 5.98. The molecular weight excluding hydrogens is 299 g/mol. The molecule has 0 radical (unpaired) electrons. The number of nitrogens with zero attached hydrogens (tertiary/aromatic N) is 1. The molecule has 0 fully saturated rings. The molecule has 1 atom stereocenters. The first-order valence-corrected chi connectivity index (χ1v) is 7.10. The topological polar surface area (TPSA) is 85.3 Å². The molecule has 0 saturated carbocycles. The van der Waals surface area contributed by atoms with E-state index in [0.717, 1.165) is 0 Å². The number of rotatable bonds is 3. The number of hydrogen-bond donors (Lipinski definition) is 1. The molecule has 1 aromatic carbocycles. The summed E-state index contributed by atoms with van der Waals surface area (Å²) in [6.07, 6.45) is -0.363. The summed E-state index contributed by atoms with van der Waals surface area (Å²) in [4.78, 5) is 12.4. The second-order valence-electron chi connectivity index (χ2n) is 5.37. The lowest BCUT2D eigenvalue weighted by Crippen LogP contribution is -2.27. The summed E-state index contributed by atoms with van der Waals surface area (Å²) < 4.78 is 24.7. The van der Waals surface area contributed by atoms with E-state index in [1.165, 1.54) is 25.1 Å². The molecule has 23 heavy (non-hydrogen) atoms. The van der Waals surface area contributed by atoms with Gasteiger partial charge in [-0.3, -0.25) is 0 Å². The van der Waals surface area contributed by atoms with Gasteiger partial charge in [0, 0.05) is 5.56 Å². The minimum Gasteiger partial charge on any atom is -0.459 e. The van der Waals surface area contributed by atoms with E-state index in [1.807, 2.05) is 6.07 Å². The van der Waals surface area contributed by atoms with Crippen LogP contribution in [-0.4, -0.2) is 12.1 Å². The van der Waals surface area contributed by atoms with Gasteiger partial charge in [-0.25, -0.2) is 9.18 Å². The number of benzene rings is 1. The smallest absolute Gasteiger partial charge is 0.338 e. The molecule has 1 heterocycles. The van der Waals surface area contributed by atoms with Gasteiger partial charge in [0.05, 0.1) is 17.6 Å². The van der Waals surface area contributed by atoms with E-state index < -0.39 is 17.7 Å². The molecule has 0 bridgehead atoms. The highest BCUT2D eigenvalue weighted by Crippen LogP contribution is 2.40. The lowest BCUT2D eigenvalue weighted by molar-refractivity contribution is -0.143. The Hall–Kier alpha value is -2.81. The van der Waals surface area contributed by atoms with Gasteiger partial charge in [-0.1, -0.05) is 18.2 Å². The maximum Gasteiger partial charge on any atom is 0.338 e. The Morgan fingerprint density at radius 2 is 2.09 bits per heavy atom. The van der Waals surface area contributed by atoms with Crippen molar-refractivity contribution in [3.63, 3.8) is 0 Å². The van der Waals surface area contributed by atoms with Gasteiger partial charge < -0.3 is 15.2 Å². The van der Waals surface area contributed by atoms with Crippen molar-refractivity contribution in [1.82, 2.24) is 0 Å². The molecule has 0 amide bonds. The van der Waals surface area contributed by atoms with Crippen molar-refractivity contribution < 1.29 is 18.7 Å². The number of nitriles is 1. The number of allylic oxidation sites excluding steroid dienone is 2. The first-order valence-electron chi connectivity index (χ1n) is 7.10. The van der Waals surface area contributed by atoms with Crippen LogP contribution in [0.2, 0.25) is 0 Å². The number of carbonyl (C=O) groups is 1. The van der Waals surface area contributed by atoms with Gasteiger partial charge in [0.2, 0.25) is 5.88 Å². The molecule has 1 aliphatic rings. The van der Waals surface area contributed by atoms with E-state index >= 15 is 0 Å². The largest absolute Gasteiger partial charge is 0.459 e. The van der Waals surface area contributed by atoms with Crippen LogP contribution in [0.15, 0.2) is 47.1 Å². The first-order chi connectivity index (χ1) is 10.9. The van der Waals surface area contributed by atoms with E-state index in [2.05, 4.69) is 0 Å². The minimum absolute atomic E-state index is 0.0172. The van der Waals surface area contributed by atoms with Gasteiger partial charge >= 0.3 is 5.97 Å². The number of carbonyl (C=O) groups excluding carboxylic acids is 1. The summed E-state index contributed by atoms with van der Waals surface area (Å²) in [5, 5.41) is 9.39. The number of nitrogens with two attached hydrogens (primary N) is 1. The highest BCUT2D eigenvalue weighted by atomic mass is 19.1. The Kier molecular flexibility index (Phi) is 4.70. The van der Waals surface area contributed by atoms with Crippen LogP contribution in [-0.2, 0) is 14.3 Å². The van der Waals surface area contributed by atoms with Crippen LogP contribution in [0.1, 0.15) is 32.3 Å². The van der Waals surface area contributed by atoms with Gasteiger partial charge in [0.25, 0.3) is 0 Å². The van der Waals surface area contributed by atoms with E-state index in [0.29, 0.717) is 0 Å². The highest BCUT2D eigenvalue weighted by Gasteiger charge is 2.37. The Balaban J connectivity index is 2.63. The summed E-state index contributed by atoms with van der Waals surface area (Å²) in [7, 11) is 0. The van der Waals surface area contributed by atoms with Crippen molar-refractivity contribution in [2.45, 2.75) is 32.8 Å². The standard InChI is InChI=1S/C17H17FN2O3/c1-9(2)22-17(21)14-10(3)23-16(20)12(8-19)15(14)11-6-4-5-7-13(11)18/h4-7,9,15H,20H2,1-3H3. The fourth-order valence-electron chi connectivity index (χ4n) is 2.44. The van der Waals surface area contributed by atoms with Crippen LogP contribution in [0.5, 0.6) is 0 Å². The predicted octanol–water partition coefficient (Wildman–Crippen LogP) is 2.86. The zero-order valence-electron chi connectivity index (χ0n) is 13.1. The van der Waals surface area contributed by atoms with Crippen LogP contribution < -0.4 is 5.73 Å². The number of esters is 1. The van der Waals surface area contributed by atoms with Gasteiger partial charge in [-0.05, 0) is 26.8 Å². The Labute approximate surface area is 133 Å². The number of ether oxygens (including phenoxy) is 2. The van der Waals surface area contributed by atoms with Crippen molar-refractivity contribution in [3.8, 4) is 6.07 Å². The van der Waals surface area contributed by atoms with Crippen molar-refractivity contribution in [1.29, 1.82) is 5.26 Å². The molecule has 120 valence electrons. The van der Waals surface area contributed by atoms with E-state index in [1.54, 1.807) is 19.9 Å². The maximum atomic E-state index is 14.2. The van der Waals surface area contributed by atoms with Crippen molar-refractivity contribution in [3.05, 3.63) is 58.4 Å². The van der Waals surface area contributed by atoms with Crippen molar-refractivity contribution in [2.24, 2.45) is 5.73 Å². The van der Waals surface area contributed by atoms with Gasteiger partial charge in [-0.15, -0.1) is 0 Å². The van der Waals surface area contributed by atoms with Gasteiger partial charge in [-0.2, -0.15) is 5.26 Å². The zero-order valence-corrected chi connectivity index (χ0v) is 13.1. The quantitative estimate of drug-likeness (QED) is 0.867. The molecule has 2 N–H and O–H groups in total. The Morgan fingerprint density at radius 1 is 1.43 bits per heavy atom. The average Bonchev–Trinajstić information content (AvgIpc) is 2.46. The third-order valence-electron chi connectivity index (χ3n) is 3.38. The molecule has 6 heteroatoms. The average molecular weight is 316 g/mol. The highest BCUT2D eigenvalue weighted by molar-refractivity contribution is 5.92. The third-order valence-corrected chi connectivity index (χ3v) is 3.38. The Morgan fingerprint density at radius 3 is 2.65 bits per heavy atom. The lowest BCUT2D eigenvalue weighted by Gasteiger charge is -2.27. The maximum absolute atomic E-state index is 14.2. The van der Waals surface area contributed by atoms with E-state index in [4.69, 9.17) is 15.2 Å². The molecule has 1 unspecified atom stereocenters. The van der Waals surface area contributed by atoms with E-state index in [9.17, 15) is 14.4 Å². The second kappa shape index (κ2) is 6.53. The fourth-order valence-corrected chi connectivity index (χ4v) is 2.44. The molecular formula is C17H17FN2O3. The molecule has 0 saturated heterocycles. The minimum atomic E-state index is -0.957. The van der Waals surface area contributed by atoms with Crippen LogP contribution in [0.25, 0.3) is 0 Å². The number of hydrogen-bond acceptors (Lipinski definition) is 5. The summed E-state index contributed by atoms with van der Waals surface area (Å²) in [6.45, 7) is 4.93.